The number of benzene rings is 1. The maximum absolute atomic E-state index is 12.8. The molecule has 1 aromatic carbocycles. The number of hydrogen-bond donors (Lipinski definition) is 2. The van der Waals surface area contributed by atoms with Gasteiger partial charge in [0.15, 0.2) is 0 Å². The van der Waals surface area contributed by atoms with Crippen LogP contribution in [0, 0.1) is 13.8 Å². The van der Waals surface area contributed by atoms with Crippen LogP contribution in [0.3, 0.4) is 0 Å². The summed E-state index contributed by atoms with van der Waals surface area (Å²) in [4.78, 5) is 27.7. The molecule has 0 saturated heterocycles. The van der Waals surface area contributed by atoms with Crippen LogP contribution in [0.15, 0.2) is 18.2 Å². The summed E-state index contributed by atoms with van der Waals surface area (Å²) in [6, 6.07) is 4.77. The first-order valence-corrected chi connectivity index (χ1v) is 8.13. The van der Waals surface area contributed by atoms with Crippen LogP contribution >= 0.6 is 0 Å². The Morgan fingerprint density at radius 1 is 1.04 bits per heavy atom. The number of rotatable bonds is 7. The fourth-order valence-electron chi connectivity index (χ4n) is 2.83. The molecule has 0 aliphatic carbocycles. The molecule has 2 rings (SSSR count). The summed E-state index contributed by atoms with van der Waals surface area (Å²) in [5.41, 5.74) is 2.66. The molecule has 0 spiro atoms. The number of H-pyrrole nitrogens is 1. The Labute approximate surface area is 152 Å². The number of aryl methyl sites for hydroxylation is 1. The average molecular weight is 360 g/mol. The molecule has 7 nitrogen and oxygen atoms in total. The molecule has 1 atom stereocenters. The normalized spacial score (nSPS) is 11.6. The van der Waals surface area contributed by atoms with Crippen molar-refractivity contribution >= 4 is 17.4 Å². The van der Waals surface area contributed by atoms with Gasteiger partial charge in [-0.25, -0.2) is 4.79 Å². The Hall–Kier alpha value is -2.96. The van der Waals surface area contributed by atoms with Gasteiger partial charge in [-0.3, -0.25) is 4.79 Å². The molecule has 1 unspecified atom stereocenters. The maximum Gasteiger partial charge on any atom is 0.339 e. The zero-order valence-corrected chi connectivity index (χ0v) is 15.9. The van der Waals surface area contributed by atoms with Crippen LogP contribution < -0.4 is 14.8 Å². The second kappa shape index (κ2) is 7.95. The van der Waals surface area contributed by atoms with Gasteiger partial charge in [0.25, 0.3) is 0 Å². The summed E-state index contributed by atoms with van der Waals surface area (Å²) in [5, 5.41) is 3.14. The third-order valence-electron chi connectivity index (χ3n) is 4.20. The van der Waals surface area contributed by atoms with Crippen LogP contribution in [0.2, 0.25) is 0 Å². The first kappa shape index (κ1) is 19.4. The van der Waals surface area contributed by atoms with Crippen molar-refractivity contribution in [3.63, 3.8) is 0 Å². The monoisotopic (exact) mass is 360 g/mol. The van der Waals surface area contributed by atoms with Gasteiger partial charge in [0.2, 0.25) is 5.78 Å². The van der Waals surface area contributed by atoms with Crippen molar-refractivity contribution in [2.75, 3.05) is 26.6 Å². The summed E-state index contributed by atoms with van der Waals surface area (Å²) >= 11 is 0. The van der Waals surface area contributed by atoms with Gasteiger partial charge < -0.3 is 24.5 Å². The van der Waals surface area contributed by atoms with Crippen molar-refractivity contribution in [3.8, 4) is 11.5 Å². The zero-order chi connectivity index (χ0) is 19.4. The lowest BCUT2D eigenvalue weighted by Gasteiger charge is -2.16. The lowest BCUT2D eigenvalue weighted by Crippen LogP contribution is -2.27. The lowest BCUT2D eigenvalue weighted by atomic mass is 10.0. The molecule has 0 saturated carbocycles. The van der Waals surface area contributed by atoms with E-state index in [0.29, 0.717) is 39.7 Å². The highest BCUT2D eigenvalue weighted by Crippen LogP contribution is 2.27. The number of anilines is 1. The molecule has 1 aromatic heterocycles. The molecule has 26 heavy (non-hydrogen) atoms. The number of aromatic nitrogens is 1. The molecule has 2 N–H and O–H groups in total. The average Bonchev–Trinajstić information content (AvgIpc) is 2.94. The van der Waals surface area contributed by atoms with Crippen LogP contribution in [-0.2, 0) is 4.74 Å². The number of ether oxygens (including phenoxy) is 3. The van der Waals surface area contributed by atoms with Gasteiger partial charge in [0.1, 0.15) is 11.5 Å². The topological polar surface area (TPSA) is 89.7 Å². The van der Waals surface area contributed by atoms with Crippen molar-refractivity contribution in [1.82, 2.24) is 4.98 Å². The lowest BCUT2D eigenvalue weighted by molar-refractivity contribution is 0.0599. The molecule has 0 radical (unpaired) electrons. The second-order valence-electron chi connectivity index (χ2n) is 5.95. The summed E-state index contributed by atoms with van der Waals surface area (Å²) in [5.74, 6) is 0.605. The minimum atomic E-state index is -0.533. The van der Waals surface area contributed by atoms with E-state index in [1.807, 2.05) is 0 Å². The number of esters is 1. The Balaban J connectivity index is 2.27. The molecular weight excluding hydrogens is 336 g/mol. The van der Waals surface area contributed by atoms with Gasteiger partial charge >= 0.3 is 5.97 Å². The summed E-state index contributed by atoms with van der Waals surface area (Å²) < 4.78 is 15.3. The first-order valence-electron chi connectivity index (χ1n) is 8.13. The summed E-state index contributed by atoms with van der Waals surface area (Å²) in [7, 11) is 4.44. The maximum atomic E-state index is 12.8. The fraction of sp³-hybridized carbons (Fsp3) is 0.368. The van der Waals surface area contributed by atoms with Crippen LogP contribution in [-0.4, -0.2) is 44.1 Å². The van der Waals surface area contributed by atoms with E-state index in [1.165, 1.54) is 7.11 Å². The van der Waals surface area contributed by atoms with Crippen molar-refractivity contribution in [1.29, 1.82) is 0 Å². The summed E-state index contributed by atoms with van der Waals surface area (Å²) in [6.45, 7) is 5.22. The molecule has 7 heteroatoms. The number of hydrogen-bond acceptors (Lipinski definition) is 6. The fourth-order valence-corrected chi connectivity index (χ4v) is 2.83. The van der Waals surface area contributed by atoms with E-state index in [2.05, 4.69) is 10.3 Å². The quantitative estimate of drug-likeness (QED) is 0.582. The van der Waals surface area contributed by atoms with Crippen molar-refractivity contribution in [3.05, 3.63) is 40.7 Å². The van der Waals surface area contributed by atoms with E-state index in [4.69, 9.17) is 14.2 Å². The van der Waals surface area contributed by atoms with E-state index in [0.717, 1.165) is 0 Å². The molecule has 0 bridgehead atoms. The van der Waals surface area contributed by atoms with Gasteiger partial charge in [0, 0.05) is 29.6 Å². The van der Waals surface area contributed by atoms with E-state index in [-0.39, 0.29) is 5.78 Å². The number of nitrogens with one attached hydrogen (secondary N) is 2. The first-order chi connectivity index (χ1) is 12.3. The van der Waals surface area contributed by atoms with Crippen LogP contribution in [0.4, 0.5) is 5.69 Å². The largest absolute Gasteiger partial charge is 0.497 e. The molecule has 1 heterocycles. The number of aromatic amines is 1. The van der Waals surface area contributed by atoms with E-state index >= 15 is 0 Å². The van der Waals surface area contributed by atoms with Gasteiger partial charge in [-0.1, -0.05) is 0 Å². The molecule has 2 aromatic rings. The molecular formula is C19H24N2O5. The van der Waals surface area contributed by atoms with Crippen molar-refractivity contribution in [2.45, 2.75) is 26.8 Å². The number of ketones is 1. The Kier molecular flexibility index (Phi) is 5.92. The Bertz CT molecular complexity index is 803. The van der Waals surface area contributed by atoms with Crippen LogP contribution in [0.5, 0.6) is 11.5 Å². The van der Waals surface area contributed by atoms with Gasteiger partial charge in [-0.05, 0) is 26.3 Å². The van der Waals surface area contributed by atoms with E-state index in [1.54, 1.807) is 53.2 Å². The van der Waals surface area contributed by atoms with Crippen LogP contribution in [0.25, 0.3) is 0 Å². The number of methoxy groups -OCH3 is 3. The van der Waals surface area contributed by atoms with Crippen LogP contribution in [0.1, 0.15) is 39.0 Å². The van der Waals surface area contributed by atoms with Gasteiger partial charge in [0.05, 0.1) is 38.6 Å². The highest BCUT2D eigenvalue weighted by Gasteiger charge is 2.25. The predicted octanol–water partition coefficient (Wildman–Crippen LogP) is 3.12. The second-order valence-corrected chi connectivity index (χ2v) is 5.95. The van der Waals surface area contributed by atoms with Crippen molar-refractivity contribution < 1.29 is 23.8 Å². The van der Waals surface area contributed by atoms with Gasteiger partial charge in [-0.15, -0.1) is 0 Å². The van der Waals surface area contributed by atoms with E-state index in [9.17, 15) is 9.59 Å². The minimum Gasteiger partial charge on any atom is -0.497 e. The Morgan fingerprint density at radius 2 is 1.62 bits per heavy atom. The highest BCUT2D eigenvalue weighted by atomic mass is 16.5. The number of carbonyl (C=O) groups excluding carboxylic acids is 2. The zero-order valence-electron chi connectivity index (χ0n) is 15.9. The molecule has 0 fully saturated rings. The SMILES string of the molecule is COC(=O)c1c(C)[nH]c(C(=O)C(C)Nc2cc(OC)cc(OC)c2)c1C. The molecule has 0 aliphatic heterocycles. The number of Topliss-reactive ketones (excluding diaryl/α,β-unsaturated/α-hetero) is 1. The third-order valence-corrected chi connectivity index (χ3v) is 4.20. The smallest absolute Gasteiger partial charge is 0.339 e. The van der Waals surface area contributed by atoms with E-state index < -0.39 is 12.0 Å². The van der Waals surface area contributed by atoms with Gasteiger partial charge in [-0.2, -0.15) is 0 Å². The molecule has 140 valence electrons. The molecule has 0 amide bonds. The standard InChI is InChI=1S/C19H24N2O5/c1-10-16(19(23)26-6)11(2)21-17(10)18(22)12(3)20-13-7-14(24-4)9-15(8-13)25-5/h7-9,12,20-21H,1-6H3. The number of carbonyl (C=O) groups is 2. The Morgan fingerprint density at radius 3 is 2.12 bits per heavy atom. The molecule has 0 aliphatic rings. The highest BCUT2D eigenvalue weighted by molar-refractivity contribution is 6.04. The minimum absolute atomic E-state index is 0.164. The van der Waals surface area contributed by atoms with Crippen molar-refractivity contribution in [2.24, 2.45) is 0 Å². The third kappa shape index (κ3) is 3.82. The predicted molar refractivity (Wildman–Crippen MR) is 98.6 cm³/mol. The summed E-state index contributed by atoms with van der Waals surface area (Å²) in [6.07, 6.45) is 0.